The van der Waals surface area contributed by atoms with Gasteiger partial charge in [0.25, 0.3) is 5.56 Å². The van der Waals surface area contributed by atoms with Gasteiger partial charge >= 0.3 is 0 Å². The van der Waals surface area contributed by atoms with Crippen LogP contribution in [0.15, 0.2) is 69.9 Å². The molecule has 20 heavy (non-hydrogen) atoms. The van der Waals surface area contributed by atoms with Crippen LogP contribution in [-0.4, -0.2) is 15.2 Å². The highest BCUT2D eigenvalue weighted by Gasteiger charge is 2.10. The fourth-order valence-electron chi connectivity index (χ4n) is 1.78. The van der Waals surface area contributed by atoms with Crippen molar-refractivity contribution in [1.29, 1.82) is 0 Å². The first-order chi connectivity index (χ1) is 9.84. The van der Waals surface area contributed by atoms with E-state index in [0.29, 0.717) is 11.4 Å². The van der Waals surface area contributed by atoms with E-state index in [9.17, 15) is 4.79 Å². The second-order valence-corrected chi connectivity index (χ2v) is 4.08. The van der Waals surface area contributed by atoms with Gasteiger partial charge in [0.1, 0.15) is 5.69 Å². The van der Waals surface area contributed by atoms with Gasteiger partial charge in [-0.05, 0) is 12.1 Å². The summed E-state index contributed by atoms with van der Waals surface area (Å²) in [5.41, 5.74) is 2.01. The zero-order chi connectivity index (χ0) is 13.8. The number of H-pyrrole nitrogens is 2. The molecule has 0 aliphatic carbocycles. The predicted molar refractivity (Wildman–Crippen MR) is 75.3 cm³/mol. The Bertz CT molecular complexity index is 774. The van der Waals surface area contributed by atoms with Gasteiger partial charge in [-0.15, -0.1) is 10.2 Å². The van der Waals surface area contributed by atoms with Gasteiger partial charge in [0, 0.05) is 11.8 Å². The maximum atomic E-state index is 11.8. The van der Waals surface area contributed by atoms with Crippen molar-refractivity contribution in [2.24, 2.45) is 10.2 Å². The molecule has 0 saturated heterocycles. The van der Waals surface area contributed by atoms with Gasteiger partial charge in [-0.3, -0.25) is 20.0 Å². The van der Waals surface area contributed by atoms with Crippen molar-refractivity contribution >= 4 is 11.4 Å². The molecule has 0 amide bonds. The molecule has 0 atom stereocenters. The van der Waals surface area contributed by atoms with Gasteiger partial charge in [0.2, 0.25) is 0 Å². The highest BCUT2D eigenvalue weighted by atomic mass is 16.1. The van der Waals surface area contributed by atoms with Gasteiger partial charge in [-0.2, -0.15) is 0 Å². The Morgan fingerprint density at radius 2 is 1.80 bits per heavy atom. The summed E-state index contributed by atoms with van der Waals surface area (Å²) >= 11 is 0. The van der Waals surface area contributed by atoms with E-state index in [1.165, 1.54) is 0 Å². The summed E-state index contributed by atoms with van der Waals surface area (Å²) in [6.45, 7) is 0. The number of azo groups is 1. The van der Waals surface area contributed by atoms with E-state index in [1.807, 2.05) is 30.3 Å². The fourth-order valence-corrected chi connectivity index (χ4v) is 1.78. The number of hydrogen-bond acceptors (Lipinski definition) is 4. The minimum absolute atomic E-state index is 0.250. The lowest BCUT2D eigenvalue weighted by molar-refractivity contribution is 1.06. The number of aromatic amines is 2. The van der Waals surface area contributed by atoms with Crippen molar-refractivity contribution in [2.45, 2.75) is 0 Å². The van der Waals surface area contributed by atoms with Crippen molar-refractivity contribution in [1.82, 2.24) is 15.2 Å². The molecule has 0 saturated carbocycles. The first-order valence-electron chi connectivity index (χ1n) is 6.02. The van der Waals surface area contributed by atoms with Crippen molar-refractivity contribution in [3.8, 4) is 11.3 Å². The lowest BCUT2D eigenvalue weighted by Crippen LogP contribution is -1.96. The minimum atomic E-state index is -0.309. The molecule has 3 aromatic rings. The van der Waals surface area contributed by atoms with E-state index in [4.69, 9.17) is 0 Å². The third-order valence-electron chi connectivity index (χ3n) is 2.73. The number of rotatable bonds is 3. The largest absolute Gasteiger partial charge is 0.295 e. The molecule has 6 heteroatoms. The molecular weight excluding hydrogens is 254 g/mol. The van der Waals surface area contributed by atoms with Crippen LogP contribution in [0.3, 0.4) is 0 Å². The molecule has 2 heterocycles. The van der Waals surface area contributed by atoms with Gasteiger partial charge in [0.05, 0.1) is 11.9 Å². The maximum absolute atomic E-state index is 11.8. The molecule has 2 aromatic heterocycles. The number of pyridine rings is 1. The zero-order valence-corrected chi connectivity index (χ0v) is 10.4. The molecule has 0 fully saturated rings. The third-order valence-corrected chi connectivity index (χ3v) is 2.73. The monoisotopic (exact) mass is 265 g/mol. The average Bonchev–Trinajstić information content (AvgIpc) is 2.88. The predicted octanol–water partition coefficient (Wildman–Crippen LogP) is 3.18. The van der Waals surface area contributed by atoms with Gasteiger partial charge in [0.15, 0.2) is 5.69 Å². The topological polar surface area (TPSA) is 86.3 Å². The molecule has 98 valence electrons. The molecule has 0 spiro atoms. The molecule has 6 nitrogen and oxygen atoms in total. The average molecular weight is 265 g/mol. The van der Waals surface area contributed by atoms with E-state index in [2.05, 4.69) is 25.4 Å². The molecule has 0 aliphatic rings. The van der Waals surface area contributed by atoms with E-state index < -0.39 is 0 Å². The molecule has 3 rings (SSSR count). The summed E-state index contributed by atoms with van der Waals surface area (Å²) in [7, 11) is 0. The smallest absolute Gasteiger partial charge is 0.292 e. The summed E-state index contributed by atoms with van der Waals surface area (Å²) in [4.78, 5) is 15.7. The van der Waals surface area contributed by atoms with Crippen LogP contribution in [0.1, 0.15) is 0 Å². The summed E-state index contributed by atoms with van der Waals surface area (Å²) in [6.07, 6.45) is 3.23. The van der Waals surface area contributed by atoms with Gasteiger partial charge in [-0.1, -0.05) is 30.3 Å². The van der Waals surface area contributed by atoms with E-state index >= 15 is 0 Å². The maximum Gasteiger partial charge on any atom is 0.292 e. The van der Waals surface area contributed by atoms with Crippen molar-refractivity contribution in [2.75, 3.05) is 0 Å². The van der Waals surface area contributed by atoms with Crippen LogP contribution >= 0.6 is 0 Å². The van der Waals surface area contributed by atoms with Gasteiger partial charge < -0.3 is 0 Å². The summed E-state index contributed by atoms with van der Waals surface area (Å²) < 4.78 is 0. The van der Waals surface area contributed by atoms with E-state index in [0.717, 1.165) is 5.56 Å². The standard InChI is InChI=1S/C14H11N5O/c20-14-13(18-16-11-7-4-8-15-9-11)12(17-19-14)10-5-2-1-3-6-10/h1-9H,(H2,17,19,20). The van der Waals surface area contributed by atoms with Crippen LogP contribution in [0, 0.1) is 0 Å². The normalized spacial score (nSPS) is 11.0. The highest BCUT2D eigenvalue weighted by molar-refractivity contribution is 5.70. The Hall–Kier alpha value is -3.02. The Balaban J connectivity index is 2.01. The Kier molecular flexibility index (Phi) is 3.20. The van der Waals surface area contributed by atoms with Crippen LogP contribution in [0.2, 0.25) is 0 Å². The lowest BCUT2D eigenvalue weighted by atomic mass is 10.1. The van der Waals surface area contributed by atoms with Crippen LogP contribution < -0.4 is 5.56 Å². The first-order valence-corrected chi connectivity index (χ1v) is 6.02. The molecule has 0 unspecified atom stereocenters. The minimum Gasteiger partial charge on any atom is -0.295 e. The Morgan fingerprint density at radius 1 is 0.950 bits per heavy atom. The molecule has 0 radical (unpaired) electrons. The quantitative estimate of drug-likeness (QED) is 0.712. The SMILES string of the molecule is O=c1[nH][nH]c(-c2ccccc2)c1N=Nc1cccnc1. The third kappa shape index (κ3) is 2.39. The first kappa shape index (κ1) is 12.0. The zero-order valence-electron chi connectivity index (χ0n) is 10.4. The number of benzene rings is 1. The highest BCUT2D eigenvalue weighted by Crippen LogP contribution is 2.25. The number of hydrogen-bond donors (Lipinski definition) is 2. The number of nitrogens with zero attached hydrogens (tertiary/aromatic N) is 3. The van der Waals surface area contributed by atoms with Crippen LogP contribution in [0.25, 0.3) is 11.3 Å². The Morgan fingerprint density at radius 3 is 2.55 bits per heavy atom. The summed E-state index contributed by atoms with van der Waals surface area (Å²) in [5.74, 6) is 0. The van der Waals surface area contributed by atoms with Crippen LogP contribution in [0.4, 0.5) is 11.4 Å². The van der Waals surface area contributed by atoms with Crippen LogP contribution in [-0.2, 0) is 0 Å². The Labute approximate surface area is 114 Å². The molecular formula is C14H11N5O. The van der Waals surface area contributed by atoms with Crippen molar-refractivity contribution in [3.63, 3.8) is 0 Å². The lowest BCUT2D eigenvalue weighted by Gasteiger charge is -1.97. The number of nitrogens with one attached hydrogen (secondary N) is 2. The van der Waals surface area contributed by atoms with Gasteiger partial charge in [-0.25, -0.2) is 0 Å². The fraction of sp³-hybridized carbons (Fsp3) is 0. The van der Waals surface area contributed by atoms with Crippen molar-refractivity contribution < 1.29 is 0 Å². The second-order valence-electron chi connectivity index (χ2n) is 4.08. The van der Waals surface area contributed by atoms with E-state index in [1.54, 1.807) is 24.5 Å². The molecule has 0 bridgehead atoms. The van der Waals surface area contributed by atoms with Crippen molar-refractivity contribution in [3.05, 3.63) is 65.2 Å². The second kappa shape index (κ2) is 5.31. The summed E-state index contributed by atoms with van der Waals surface area (Å²) in [5, 5.41) is 13.4. The summed E-state index contributed by atoms with van der Waals surface area (Å²) in [6, 6.07) is 13.0. The molecule has 2 N–H and O–H groups in total. The molecule has 1 aromatic carbocycles. The molecule has 0 aliphatic heterocycles. The van der Waals surface area contributed by atoms with Crippen LogP contribution in [0.5, 0.6) is 0 Å². The number of aromatic nitrogens is 3. The van der Waals surface area contributed by atoms with E-state index in [-0.39, 0.29) is 11.2 Å².